The number of hydrogen-bond acceptors (Lipinski definition) is 4. The highest BCUT2D eigenvalue weighted by Crippen LogP contribution is 2.18. The van der Waals surface area contributed by atoms with Crippen molar-refractivity contribution in [2.45, 2.75) is 6.92 Å². The number of nitrogens with one attached hydrogen (secondary N) is 1. The van der Waals surface area contributed by atoms with E-state index in [-0.39, 0.29) is 18.2 Å². The molecule has 1 rings (SSSR count). The number of hydrogen-bond donors (Lipinski definition) is 3. The van der Waals surface area contributed by atoms with Gasteiger partial charge in [-0.2, -0.15) is 0 Å². The van der Waals surface area contributed by atoms with Gasteiger partial charge in [0.25, 0.3) is 0 Å². The standard InChI is InChI=1S/C7H11N3O3/c1-2-13-7(12)9-10-4-3-5(11)6(10)8/h3-4,11H,2,8H2,1H3,(H,9,12). The van der Waals surface area contributed by atoms with Crippen molar-refractivity contribution in [2.24, 2.45) is 0 Å². The maximum atomic E-state index is 10.9. The van der Waals surface area contributed by atoms with E-state index in [1.54, 1.807) is 6.92 Å². The number of ether oxygens (including phenoxy) is 1. The fourth-order valence-electron chi connectivity index (χ4n) is 0.793. The minimum atomic E-state index is -0.621. The highest BCUT2D eigenvalue weighted by Gasteiger charge is 2.06. The van der Waals surface area contributed by atoms with Gasteiger partial charge >= 0.3 is 6.09 Å². The molecule has 0 aromatic carbocycles. The molecule has 1 aromatic rings. The molecule has 72 valence electrons. The highest BCUT2D eigenvalue weighted by molar-refractivity contribution is 5.76. The van der Waals surface area contributed by atoms with Gasteiger partial charge in [0.05, 0.1) is 6.61 Å². The normalized spacial score (nSPS) is 9.62. The first-order valence-electron chi connectivity index (χ1n) is 3.74. The van der Waals surface area contributed by atoms with E-state index in [1.165, 1.54) is 16.9 Å². The van der Waals surface area contributed by atoms with Crippen molar-refractivity contribution in [3.8, 4) is 5.75 Å². The second-order valence-corrected chi connectivity index (χ2v) is 2.29. The van der Waals surface area contributed by atoms with Gasteiger partial charge in [0.15, 0.2) is 11.6 Å². The van der Waals surface area contributed by atoms with E-state index in [1.807, 2.05) is 0 Å². The lowest BCUT2D eigenvalue weighted by atomic mass is 10.6. The Morgan fingerprint density at radius 1 is 1.85 bits per heavy atom. The molecule has 6 heteroatoms. The minimum Gasteiger partial charge on any atom is -0.504 e. The number of rotatable bonds is 2. The van der Waals surface area contributed by atoms with Crippen molar-refractivity contribution >= 4 is 11.9 Å². The predicted molar refractivity (Wildman–Crippen MR) is 46.9 cm³/mol. The summed E-state index contributed by atoms with van der Waals surface area (Å²) in [7, 11) is 0. The van der Waals surface area contributed by atoms with Crippen molar-refractivity contribution in [3.63, 3.8) is 0 Å². The third kappa shape index (κ3) is 2.05. The van der Waals surface area contributed by atoms with Gasteiger partial charge in [0.1, 0.15) is 0 Å². The van der Waals surface area contributed by atoms with Crippen LogP contribution in [0.3, 0.4) is 0 Å². The Bertz CT molecular complexity index is 308. The number of aromatic nitrogens is 1. The van der Waals surface area contributed by atoms with Gasteiger partial charge in [0.2, 0.25) is 0 Å². The molecule has 4 N–H and O–H groups in total. The number of carbonyl (C=O) groups is 1. The lowest BCUT2D eigenvalue weighted by Crippen LogP contribution is -2.24. The average Bonchev–Trinajstić information content (AvgIpc) is 2.37. The zero-order valence-corrected chi connectivity index (χ0v) is 7.15. The monoisotopic (exact) mass is 185 g/mol. The van der Waals surface area contributed by atoms with E-state index in [4.69, 9.17) is 10.8 Å². The van der Waals surface area contributed by atoms with Gasteiger partial charge in [-0.05, 0) is 6.92 Å². The SMILES string of the molecule is CCOC(=O)Nn1ccc(O)c1N. The molecule has 0 atom stereocenters. The Morgan fingerprint density at radius 2 is 2.54 bits per heavy atom. The number of anilines is 1. The van der Waals surface area contributed by atoms with Gasteiger partial charge in [-0.1, -0.05) is 0 Å². The Balaban J connectivity index is 2.64. The molecule has 0 saturated heterocycles. The van der Waals surface area contributed by atoms with Crippen LogP contribution in [0, 0.1) is 0 Å². The largest absolute Gasteiger partial charge is 0.504 e. The second kappa shape index (κ2) is 3.70. The molecule has 0 spiro atoms. The smallest absolute Gasteiger partial charge is 0.426 e. The summed E-state index contributed by atoms with van der Waals surface area (Å²) in [5, 5.41) is 9.04. The molecule has 0 bridgehead atoms. The molecule has 0 unspecified atom stereocenters. The Kier molecular flexibility index (Phi) is 2.63. The first-order valence-corrected chi connectivity index (χ1v) is 3.74. The zero-order chi connectivity index (χ0) is 9.84. The number of carbonyl (C=O) groups excluding carboxylic acids is 1. The first-order chi connectivity index (χ1) is 6.15. The predicted octanol–water partition coefficient (Wildman–Crippen LogP) is 0.476. The molecule has 0 fully saturated rings. The lowest BCUT2D eigenvalue weighted by Gasteiger charge is -2.07. The fourth-order valence-corrected chi connectivity index (χ4v) is 0.793. The summed E-state index contributed by atoms with van der Waals surface area (Å²) in [6, 6.07) is 1.36. The third-order valence-electron chi connectivity index (χ3n) is 1.39. The van der Waals surface area contributed by atoms with E-state index in [9.17, 15) is 4.79 Å². The molecule has 0 aliphatic carbocycles. The van der Waals surface area contributed by atoms with Gasteiger partial charge in [0, 0.05) is 12.3 Å². The third-order valence-corrected chi connectivity index (χ3v) is 1.39. The minimum absolute atomic E-state index is 0.0630. The van der Waals surface area contributed by atoms with Gasteiger partial charge in [-0.3, -0.25) is 0 Å². The fraction of sp³-hybridized carbons (Fsp3) is 0.286. The van der Waals surface area contributed by atoms with E-state index in [0.29, 0.717) is 0 Å². The Labute approximate surface area is 74.9 Å². The van der Waals surface area contributed by atoms with Crippen LogP contribution in [0.25, 0.3) is 0 Å². The molecule has 1 heterocycles. The molecule has 0 aliphatic heterocycles. The topological polar surface area (TPSA) is 89.5 Å². The quantitative estimate of drug-likeness (QED) is 0.625. The maximum absolute atomic E-state index is 10.9. The number of nitrogens with zero attached hydrogens (tertiary/aromatic N) is 1. The summed E-state index contributed by atoms with van der Waals surface area (Å²) in [4.78, 5) is 10.9. The van der Waals surface area contributed by atoms with Gasteiger partial charge < -0.3 is 15.6 Å². The summed E-state index contributed by atoms with van der Waals surface area (Å²) in [6.07, 6.45) is 0.798. The molecule has 0 radical (unpaired) electrons. The van der Waals surface area contributed by atoms with E-state index < -0.39 is 6.09 Å². The Morgan fingerprint density at radius 3 is 3.00 bits per heavy atom. The van der Waals surface area contributed by atoms with Crippen LogP contribution in [0.5, 0.6) is 5.75 Å². The summed E-state index contributed by atoms with van der Waals surface area (Å²) in [6.45, 7) is 1.97. The van der Waals surface area contributed by atoms with E-state index in [0.717, 1.165) is 0 Å². The lowest BCUT2D eigenvalue weighted by molar-refractivity contribution is 0.164. The van der Waals surface area contributed by atoms with Crippen LogP contribution in [0.15, 0.2) is 12.3 Å². The summed E-state index contributed by atoms with van der Waals surface area (Å²) >= 11 is 0. The van der Waals surface area contributed by atoms with Crippen LogP contribution in [0.1, 0.15) is 6.92 Å². The van der Waals surface area contributed by atoms with E-state index in [2.05, 4.69) is 10.2 Å². The summed E-state index contributed by atoms with van der Waals surface area (Å²) in [5.74, 6) is -0.0233. The van der Waals surface area contributed by atoms with Crippen molar-refractivity contribution in [1.82, 2.24) is 4.68 Å². The first kappa shape index (κ1) is 9.24. The van der Waals surface area contributed by atoms with E-state index >= 15 is 0 Å². The summed E-state index contributed by atoms with van der Waals surface area (Å²) in [5.41, 5.74) is 7.69. The van der Waals surface area contributed by atoms with Crippen LogP contribution in [0.4, 0.5) is 10.6 Å². The van der Waals surface area contributed by atoms with Crippen LogP contribution in [-0.4, -0.2) is 22.5 Å². The van der Waals surface area contributed by atoms with Gasteiger partial charge in [-0.15, -0.1) is 0 Å². The molecule has 1 aromatic heterocycles. The highest BCUT2D eigenvalue weighted by atomic mass is 16.6. The number of amides is 1. The summed E-state index contributed by atoms with van der Waals surface area (Å²) < 4.78 is 5.78. The molecule has 0 saturated carbocycles. The molecule has 1 amide bonds. The van der Waals surface area contributed by atoms with Crippen molar-refractivity contribution in [3.05, 3.63) is 12.3 Å². The average molecular weight is 185 g/mol. The van der Waals surface area contributed by atoms with Crippen molar-refractivity contribution in [1.29, 1.82) is 0 Å². The second-order valence-electron chi connectivity index (χ2n) is 2.29. The van der Waals surface area contributed by atoms with Crippen LogP contribution >= 0.6 is 0 Å². The molecular weight excluding hydrogens is 174 g/mol. The van der Waals surface area contributed by atoms with Crippen LogP contribution < -0.4 is 11.2 Å². The molecule has 0 aliphatic rings. The Hall–Kier alpha value is -1.85. The zero-order valence-electron chi connectivity index (χ0n) is 7.15. The van der Waals surface area contributed by atoms with Crippen molar-refractivity contribution in [2.75, 3.05) is 17.8 Å². The van der Waals surface area contributed by atoms with Crippen molar-refractivity contribution < 1.29 is 14.6 Å². The van der Waals surface area contributed by atoms with Gasteiger partial charge in [-0.25, -0.2) is 14.9 Å². The molecule has 6 nitrogen and oxygen atoms in total. The molecule has 13 heavy (non-hydrogen) atoms. The number of nitrogens with two attached hydrogens (primary N) is 1. The van der Waals surface area contributed by atoms with Crippen LogP contribution in [0.2, 0.25) is 0 Å². The maximum Gasteiger partial charge on any atom is 0.426 e. The molecular formula is C7H11N3O3. The number of nitrogen functional groups attached to an aromatic ring is 1. The van der Waals surface area contributed by atoms with Crippen LogP contribution in [-0.2, 0) is 4.74 Å². The number of aromatic hydroxyl groups is 1.